The second kappa shape index (κ2) is 11.3. The van der Waals surface area contributed by atoms with Gasteiger partial charge in [-0.25, -0.2) is 4.79 Å². The monoisotopic (exact) mass is 433 g/mol. The third-order valence-corrected chi connectivity index (χ3v) is 4.57. The Labute approximate surface area is 179 Å². The number of ether oxygens (including phenoxy) is 1. The molecule has 0 fully saturated rings. The van der Waals surface area contributed by atoms with Gasteiger partial charge in [-0.1, -0.05) is 24.2 Å². The molecule has 0 atom stereocenters. The maximum Gasteiger partial charge on any atom is 0.368 e. The van der Waals surface area contributed by atoms with Crippen LogP contribution in [0.3, 0.4) is 0 Å². The summed E-state index contributed by atoms with van der Waals surface area (Å²) >= 11 is 1.54. The van der Waals surface area contributed by atoms with Gasteiger partial charge in [0.25, 0.3) is 0 Å². The Morgan fingerprint density at radius 1 is 1.20 bits per heavy atom. The second-order valence-electron chi connectivity index (χ2n) is 6.40. The van der Waals surface area contributed by atoms with Crippen LogP contribution in [0, 0.1) is 6.92 Å². The van der Waals surface area contributed by atoms with Crippen molar-refractivity contribution in [3.8, 4) is 5.69 Å². The summed E-state index contributed by atoms with van der Waals surface area (Å²) in [6.45, 7) is 7.70. The first-order chi connectivity index (χ1) is 14.4. The quantitative estimate of drug-likeness (QED) is 0.198. The Kier molecular flexibility index (Phi) is 8.78. The topological polar surface area (TPSA) is 108 Å². The zero-order valence-corrected chi connectivity index (χ0v) is 18.9. The van der Waals surface area contributed by atoms with E-state index in [9.17, 15) is 4.79 Å². The fourth-order valence-electron chi connectivity index (χ4n) is 2.34. The van der Waals surface area contributed by atoms with Gasteiger partial charge in [-0.05, 0) is 49.1 Å². The Hall–Kier alpha value is -2.95. The largest absolute Gasteiger partial charge is 0.475 e. The summed E-state index contributed by atoms with van der Waals surface area (Å²) in [5, 5.41) is 20.1. The minimum absolute atomic E-state index is 0.218. The van der Waals surface area contributed by atoms with E-state index >= 15 is 0 Å². The van der Waals surface area contributed by atoms with E-state index in [4.69, 9.17) is 9.57 Å². The van der Waals surface area contributed by atoms with Crippen molar-refractivity contribution in [2.24, 2.45) is 22.4 Å². The van der Waals surface area contributed by atoms with Crippen molar-refractivity contribution >= 4 is 29.1 Å². The highest BCUT2D eigenvalue weighted by molar-refractivity contribution is 7.98. The molecule has 1 heterocycles. The van der Waals surface area contributed by atoms with Crippen LogP contribution in [0.1, 0.15) is 38.3 Å². The lowest BCUT2D eigenvalue weighted by Gasteiger charge is -2.13. The summed E-state index contributed by atoms with van der Waals surface area (Å²) in [6.07, 6.45) is 2.49. The summed E-state index contributed by atoms with van der Waals surface area (Å²) in [7, 11) is 1.55. The molecule has 1 aromatic carbocycles. The number of oxime groups is 1. The molecule has 0 amide bonds. The lowest BCUT2D eigenvalue weighted by atomic mass is 10.1. The standard InChI is InChI=1S/C19H27N7O3S/c1-7-18(21-20-14(3)15(4)22-29-12-30-6)28-11-16-13(2)9-8-10-17(16)26-19(27)25(5)23-24-26/h8-10H,7,11-12H2,1-6H3/b20-14+,21-18-,22-15+. The van der Waals surface area contributed by atoms with Crippen LogP contribution in [-0.2, 0) is 23.2 Å². The minimum Gasteiger partial charge on any atom is -0.475 e. The molecule has 2 aromatic rings. The summed E-state index contributed by atoms with van der Waals surface area (Å²) in [6, 6.07) is 5.61. The van der Waals surface area contributed by atoms with Crippen molar-refractivity contribution in [1.82, 2.24) is 19.8 Å². The third-order valence-electron chi connectivity index (χ3n) is 4.23. The third kappa shape index (κ3) is 6.02. The van der Waals surface area contributed by atoms with E-state index in [0.717, 1.165) is 11.1 Å². The van der Waals surface area contributed by atoms with E-state index < -0.39 is 0 Å². The van der Waals surface area contributed by atoms with Crippen molar-refractivity contribution < 1.29 is 9.57 Å². The molecule has 2 rings (SSSR count). The number of hydrogen-bond donors (Lipinski definition) is 0. The predicted molar refractivity (Wildman–Crippen MR) is 120 cm³/mol. The van der Waals surface area contributed by atoms with Gasteiger partial charge in [0, 0.05) is 19.0 Å². The average molecular weight is 434 g/mol. The summed E-state index contributed by atoms with van der Waals surface area (Å²) < 4.78 is 8.33. The molecule has 0 saturated heterocycles. The van der Waals surface area contributed by atoms with E-state index in [1.807, 2.05) is 32.2 Å². The summed E-state index contributed by atoms with van der Waals surface area (Å²) in [5.41, 5.74) is 3.36. The molecule has 162 valence electrons. The van der Waals surface area contributed by atoms with Crippen LogP contribution in [-0.4, -0.2) is 49.3 Å². The molecule has 0 saturated carbocycles. The average Bonchev–Trinajstić information content (AvgIpc) is 3.07. The number of benzene rings is 1. The number of aromatic nitrogens is 4. The van der Waals surface area contributed by atoms with Crippen LogP contribution >= 0.6 is 11.8 Å². The molecule has 30 heavy (non-hydrogen) atoms. The molecule has 0 bridgehead atoms. The van der Waals surface area contributed by atoms with Gasteiger partial charge in [0.2, 0.25) is 5.90 Å². The zero-order chi connectivity index (χ0) is 22.1. The van der Waals surface area contributed by atoms with Gasteiger partial charge in [0.15, 0.2) is 5.94 Å². The molecule has 0 N–H and O–H groups in total. The van der Waals surface area contributed by atoms with Crippen molar-refractivity contribution in [3.63, 3.8) is 0 Å². The molecule has 0 aliphatic rings. The maximum atomic E-state index is 12.3. The van der Waals surface area contributed by atoms with Crippen molar-refractivity contribution in [3.05, 3.63) is 39.8 Å². The van der Waals surface area contributed by atoms with Crippen molar-refractivity contribution in [2.75, 3.05) is 12.2 Å². The summed E-state index contributed by atoms with van der Waals surface area (Å²) in [5.74, 6) is 0.943. The Bertz CT molecular complexity index is 1010. The Morgan fingerprint density at radius 2 is 1.97 bits per heavy atom. The number of nitrogens with zero attached hydrogens (tertiary/aromatic N) is 7. The van der Waals surface area contributed by atoms with E-state index in [1.165, 1.54) is 21.1 Å². The Morgan fingerprint density at radius 3 is 2.60 bits per heavy atom. The molecule has 1 aromatic heterocycles. The smallest absolute Gasteiger partial charge is 0.368 e. The van der Waals surface area contributed by atoms with Gasteiger partial charge in [-0.15, -0.1) is 16.9 Å². The van der Waals surface area contributed by atoms with Crippen LogP contribution in [0.25, 0.3) is 5.69 Å². The van der Waals surface area contributed by atoms with Crippen LogP contribution in [0.2, 0.25) is 0 Å². The van der Waals surface area contributed by atoms with Crippen LogP contribution in [0.4, 0.5) is 0 Å². The molecular weight excluding hydrogens is 406 g/mol. The van der Waals surface area contributed by atoms with Gasteiger partial charge in [0.05, 0.1) is 17.1 Å². The van der Waals surface area contributed by atoms with Gasteiger partial charge >= 0.3 is 5.69 Å². The number of hydrogen-bond acceptors (Lipinski definition) is 9. The fraction of sp³-hybridized carbons (Fsp3) is 0.474. The molecule has 10 nitrogen and oxygen atoms in total. The first-order valence-electron chi connectivity index (χ1n) is 9.36. The second-order valence-corrected chi connectivity index (χ2v) is 7.22. The molecule has 0 radical (unpaired) electrons. The highest BCUT2D eigenvalue weighted by atomic mass is 32.2. The summed E-state index contributed by atoms with van der Waals surface area (Å²) in [4.78, 5) is 17.4. The highest BCUT2D eigenvalue weighted by Crippen LogP contribution is 2.18. The molecule has 0 spiro atoms. The van der Waals surface area contributed by atoms with E-state index in [0.29, 0.717) is 35.4 Å². The van der Waals surface area contributed by atoms with E-state index in [-0.39, 0.29) is 12.3 Å². The number of thioether (sulfide) groups is 1. The van der Waals surface area contributed by atoms with Crippen LogP contribution in [0.5, 0.6) is 0 Å². The fourth-order valence-corrected chi connectivity index (χ4v) is 2.50. The molecule has 0 unspecified atom stereocenters. The minimum atomic E-state index is -0.329. The van der Waals surface area contributed by atoms with E-state index in [1.54, 1.807) is 27.0 Å². The SMILES string of the molecule is CC/C(=N/N=C(C)/C(C)=N/OCSC)OCc1c(C)cccc1-n1nnn(C)c1=O. The lowest BCUT2D eigenvalue weighted by molar-refractivity contribution is 0.197. The van der Waals surface area contributed by atoms with E-state index in [2.05, 4.69) is 25.8 Å². The number of rotatable bonds is 9. The van der Waals surface area contributed by atoms with Gasteiger partial charge < -0.3 is 9.57 Å². The number of tetrazole rings is 1. The predicted octanol–water partition coefficient (Wildman–Crippen LogP) is 2.69. The molecule has 0 aliphatic carbocycles. The molecule has 0 aliphatic heterocycles. The maximum absolute atomic E-state index is 12.3. The lowest BCUT2D eigenvalue weighted by Crippen LogP contribution is -2.23. The van der Waals surface area contributed by atoms with Crippen molar-refractivity contribution in [2.45, 2.75) is 40.7 Å². The highest BCUT2D eigenvalue weighted by Gasteiger charge is 2.14. The Balaban J connectivity index is 2.20. The van der Waals surface area contributed by atoms with Gasteiger partial charge in [0.1, 0.15) is 6.61 Å². The van der Waals surface area contributed by atoms with Crippen molar-refractivity contribution in [1.29, 1.82) is 0 Å². The van der Waals surface area contributed by atoms with Gasteiger partial charge in [-0.2, -0.15) is 14.5 Å². The molecular formula is C19H27N7O3S. The first kappa shape index (κ1) is 23.3. The normalized spacial score (nSPS) is 12.9. The zero-order valence-electron chi connectivity index (χ0n) is 18.1. The number of aryl methyl sites for hydroxylation is 2. The van der Waals surface area contributed by atoms with Gasteiger partial charge in [-0.3, -0.25) is 0 Å². The van der Waals surface area contributed by atoms with Crippen LogP contribution < -0.4 is 5.69 Å². The first-order valence-corrected chi connectivity index (χ1v) is 10.8. The molecule has 11 heteroatoms. The van der Waals surface area contributed by atoms with Crippen LogP contribution in [0.15, 0.2) is 38.4 Å².